The van der Waals surface area contributed by atoms with Crippen LogP contribution >= 0.6 is 45.8 Å². The molecule has 3 heterocycles. The highest BCUT2D eigenvalue weighted by Gasteiger charge is 2.21. The van der Waals surface area contributed by atoms with E-state index in [1.165, 1.54) is 23.8 Å². The molecule has 0 aliphatic carbocycles. The minimum absolute atomic E-state index is 0.0131. The maximum atomic E-state index is 12.9. The molecule has 0 atom stereocenters. The van der Waals surface area contributed by atoms with Crippen LogP contribution in [0.2, 0.25) is 0 Å². The molecule has 5 rings (SSSR count). The van der Waals surface area contributed by atoms with Crippen molar-refractivity contribution in [1.29, 1.82) is 0 Å². The van der Waals surface area contributed by atoms with E-state index in [-0.39, 0.29) is 12.8 Å². The second-order valence-corrected chi connectivity index (χ2v) is 19.0. The molecule has 0 amide bonds. The Labute approximate surface area is 272 Å². The second-order valence-electron chi connectivity index (χ2n) is 10.9. The summed E-state index contributed by atoms with van der Waals surface area (Å²) in [6.45, 7) is 0. The first kappa shape index (κ1) is 32.3. The predicted octanol–water partition coefficient (Wildman–Crippen LogP) is 9.21. The van der Waals surface area contributed by atoms with Gasteiger partial charge in [0.2, 0.25) is 0 Å². The lowest BCUT2D eigenvalue weighted by molar-refractivity contribution is -0.138. The van der Waals surface area contributed by atoms with E-state index in [1.54, 1.807) is 52.6 Å². The number of carboxylic acids is 2. The van der Waals surface area contributed by atoms with Gasteiger partial charge in [-0.05, 0) is 89.9 Å². The van der Waals surface area contributed by atoms with Crippen molar-refractivity contribution in [2.24, 2.45) is 0 Å². The summed E-state index contributed by atoms with van der Waals surface area (Å²) in [5, 5.41) is 18.8. The maximum absolute atomic E-state index is 12.9. The molecule has 230 valence electrons. The van der Waals surface area contributed by atoms with Gasteiger partial charge in [0.05, 0.1) is 4.90 Å². The molecule has 11 heteroatoms. The number of carboxylic acid groups (broad SMARTS) is 2. The largest absolute Gasteiger partial charge is 0.481 e. The highest BCUT2D eigenvalue weighted by molar-refractivity contribution is 8.14. The molecule has 0 aliphatic rings. The Hall–Kier alpha value is -3.06. The molecule has 0 unspecified atom stereocenters. The topological polar surface area (TPSA) is 112 Å². The van der Waals surface area contributed by atoms with Crippen LogP contribution in [0.4, 0.5) is 0 Å². The van der Waals surface area contributed by atoms with Gasteiger partial charge in [-0.25, -0.2) is 4.21 Å². The zero-order valence-corrected chi connectivity index (χ0v) is 28.4. The first-order chi connectivity index (χ1) is 20.8. The van der Waals surface area contributed by atoms with Gasteiger partial charge in [0, 0.05) is 59.5 Å². The Bertz CT molecular complexity index is 1910. The number of thiophene rings is 3. The summed E-state index contributed by atoms with van der Waals surface area (Å²) in [6, 6.07) is 23.5. The Morgan fingerprint density at radius 2 is 1.20 bits per heavy atom. The van der Waals surface area contributed by atoms with Crippen LogP contribution < -0.4 is 0 Å². The van der Waals surface area contributed by atoms with Crippen LogP contribution in [0.15, 0.2) is 82.6 Å². The van der Waals surface area contributed by atoms with Crippen molar-refractivity contribution in [3.63, 3.8) is 0 Å². The van der Waals surface area contributed by atoms with Crippen LogP contribution in [0.25, 0.3) is 40.4 Å². The van der Waals surface area contributed by atoms with Crippen LogP contribution in [-0.4, -0.2) is 49.7 Å². The van der Waals surface area contributed by atoms with E-state index in [0.29, 0.717) is 17.7 Å². The van der Waals surface area contributed by atoms with Crippen molar-refractivity contribution in [1.82, 2.24) is 0 Å². The van der Waals surface area contributed by atoms with Gasteiger partial charge in [-0.3, -0.25) is 14.1 Å². The highest BCUT2D eigenvalue weighted by atomic mass is 32.3. The minimum atomic E-state index is -3.95. The standard InChI is InChI=1S/C33H32O6S5/c1-40-24-8-4-6-20(16-24)28-18-22(10-14-30(34)35)32(42-28)26-12-13-27(41-26)33-23(11-15-31(36)37)19-29(43-33)21-7-5-9-25(17-21)44(2,3,38)39/h4-9,12-13,16-19H,10-11,14-15H2,1-3H3,(H,34,35)(H,36,37)(H,38,39). The zero-order chi connectivity index (χ0) is 31.7. The lowest BCUT2D eigenvalue weighted by Crippen LogP contribution is -2.28. The SMILES string of the molecule is CSc1cccc(-c2cc(CCC(=O)O)c(-c3ccc(-c4sc(-c5cccc(S(C)(C)(=O)O)c5)cc4CCC(=O)O)s3)s2)c1. The van der Waals surface area contributed by atoms with Crippen molar-refractivity contribution in [2.45, 2.75) is 35.5 Å². The normalized spacial score (nSPS) is 12.6. The Morgan fingerprint density at radius 3 is 1.68 bits per heavy atom. The lowest BCUT2D eigenvalue weighted by Gasteiger charge is -2.34. The molecule has 5 aromatic rings. The fraction of sp³-hybridized carbons (Fsp3) is 0.212. The first-order valence-corrected chi connectivity index (χ1v) is 20.1. The number of rotatable bonds is 12. The smallest absolute Gasteiger partial charge is 0.303 e. The molecule has 0 fully saturated rings. The van der Waals surface area contributed by atoms with Gasteiger partial charge >= 0.3 is 11.9 Å². The van der Waals surface area contributed by atoms with Crippen LogP contribution in [0.1, 0.15) is 24.0 Å². The molecule has 3 aromatic heterocycles. The average Bonchev–Trinajstić information content (AvgIpc) is 3.72. The van der Waals surface area contributed by atoms with Crippen molar-refractivity contribution in [3.05, 3.63) is 83.9 Å². The van der Waals surface area contributed by atoms with E-state index < -0.39 is 21.3 Å². The van der Waals surface area contributed by atoms with E-state index in [1.807, 2.05) is 30.5 Å². The summed E-state index contributed by atoms with van der Waals surface area (Å²) in [6.07, 6.45) is 5.51. The summed E-state index contributed by atoms with van der Waals surface area (Å²) in [4.78, 5) is 30.5. The molecule has 44 heavy (non-hydrogen) atoms. The fourth-order valence-electron chi connectivity index (χ4n) is 4.78. The van der Waals surface area contributed by atoms with E-state index in [2.05, 4.69) is 30.3 Å². The second kappa shape index (κ2) is 12.7. The van der Waals surface area contributed by atoms with Gasteiger partial charge in [-0.1, -0.05) is 24.3 Å². The number of aryl methyl sites for hydroxylation is 2. The third-order valence-electron chi connectivity index (χ3n) is 7.03. The Balaban J connectivity index is 1.56. The van der Waals surface area contributed by atoms with Gasteiger partial charge in [0.15, 0.2) is 0 Å². The molecule has 0 spiro atoms. The van der Waals surface area contributed by atoms with E-state index in [0.717, 1.165) is 56.4 Å². The van der Waals surface area contributed by atoms with Gasteiger partial charge in [-0.2, -0.15) is 9.35 Å². The average molecular weight is 685 g/mol. The third-order valence-corrected chi connectivity index (χ3v) is 13.3. The first-order valence-electron chi connectivity index (χ1n) is 13.7. The summed E-state index contributed by atoms with van der Waals surface area (Å²) in [7, 11) is -3.95. The van der Waals surface area contributed by atoms with Crippen molar-refractivity contribution < 1.29 is 28.6 Å². The zero-order valence-electron chi connectivity index (χ0n) is 24.4. The minimum Gasteiger partial charge on any atom is -0.481 e. The highest BCUT2D eigenvalue weighted by Crippen LogP contribution is 2.47. The van der Waals surface area contributed by atoms with Crippen molar-refractivity contribution >= 4 is 67.1 Å². The van der Waals surface area contributed by atoms with E-state index in [9.17, 15) is 28.6 Å². The number of hydrogen-bond donors (Lipinski definition) is 3. The van der Waals surface area contributed by atoms with Crippen LogP contribution in [-0.2, 0) is 31.8 Å². The molecule has 0 saturated carbocycles. The third kappa shape index (κ3) is 7.59. The Morgan fingerprint density at radius 1 is 0.705 bits per heavy atom. The van der Waals surface area contributed by atoms with Crippen molar-refractivity contribution in [2.75, 3.05) is 18.8 Å². The molecule has 0 bridgehead atoms. The fourth-order valence-corrected chi connectivity index (χ4v) is 9.88. The van der Waals surface area contributed by atoms with Gasteiger partial charge in [0.1, 0.15) is 0 Å². The van der Waals surface area contributed by atoms with Gasteiger partial charge in [-0.15, -0.1) is 45.8 Å². The summed E-state index contributed by atoms with van der Waals surface area (Å²) >= 11 is 6.47. The number of aliphatic carboxylic acids is 2. The maximum Gasteiger partial charge on any atom is 0.303 e. The van der Waals surface area contributed by atoms with Gasteiger partial charge < -0.3 is 10.2 Å². The molecule has 2 aromatic carbocycles. The summed E-state index contributed by atoms with van der Waals surface area (Å²) in [5.74, 6) is -1.72. The van der Waals surface area contributed by atoms with Crippen LogP contribution in [0.5, 0.6) is 0 Å². The van der Waals surface area contributed by atoms with Crippen LogP contribution in [0, 0.1) is 0 Å². The number of benzene rings is 2. The molecular formula is C33H32O6S5. The molecular weight excluding hydrogens is 653 g/mol. The molecule has 3 N–H and O–H groups in total. The summed E-state index contributed by atoms with van der Waals surface area (Å²) in [5.41, 5.74) is 3.80. The Kier molecular flexibility index (Phi) is 9.36. The lowest BCUT2D eigenvalue weighted by atomic mass is 10.1. The molecule has 0 radical (unpaired) electrons. The number of hydrogen-bond acceptors (Lipinski definition) is 7. The number of carbonyl (C=O) groups is 2. The number of thioether (sulfide) groups is 1. The summed E-state index contributed by atoms with van der Waals surface area (Å²) < 4.78 is 23.5. The molecule has 0 saturated heterocycles. The molecule has 0 aliphatic heterocycles. The van der Waals surface area contributed by atoms with Gasteiger partial charge in [0.25, 0.3) is 0 Å². The van der Waals surface area contributed by atoms with Crippen molar-refractivity contribution in [3.8, 4) is 40.4 Å². The molecule has 6 nitrogen and oxygen atoms in total. The predicted molar refractivity (Wildman–Crippen MR) is 186 cm³/mol. The van der Waals surface area contributed by atoms with Crippen LogP contribution in [0.3, 0.4) is 0 Å². The van der Waals surface area contributed by atoms with E-state index >= 15 is 0 Å². The van der Waals surface area contributed by atoms with E-state index in [4.69, 9.17) is 0 Å². The monoisotopic (exact) mass is 684 g/mol. The quantitative estimate of drug-likeness (QED) is 0.112.